The molecule has 1 unspecified atom stereocenters. The fourth-order valence-corrected chi connectivity index (χ4v) is 4.91. The van der Waals surface area contributed by atoms with Crippen molar-refractivity contribution in [2.45, 2.75) is 51.2 Å². The molecule has 10 nitrogen and oxygen atoms in total. The van der Waals surface area contributed by atoms with Crippen LogP contribution in [0.15, 0.2) is 85.1 Å². The first kappa shape index (κ1) is 33.0. The van der Waals surface area contributed by atoms with Gasteiger partial charge in [0, 0.05) is 18.2 Å². The Bertz CT molecular complexity index is 1370. The number of benzene rings is 2. The molecule has 11 heteroatoms. The first-order valence-corrected chi connectivity index (χ1v) is 15.0. The standard InChI is InChI=1S/C32H37N5O5S/c1-21(2)20-43-32(27(38)31(42)34-19-25-16-10-11-17-33-25)37-28(39)22(3)35-30(41)26(18-23-12-6-4-7-13-23)36-29(40)24-14-8-5-9-15-24/h4-17,21-22,26,32H,18-20H2,1-3H3,(H,34,42)(H,35,41)(H,36,40)(H,37,39)/t22-,26-,32?/m0/s1. The molecule has 0 aliphatic rings. The first-order chi connectivity index (χ1) is 20.6. The van der Waals surface area contributed by atoms with Crippen molar-refractivity contribution in [1.29, 1.82) is 0 Å². The number of hydrogen-bond donors (Lipinski definition) is 4. The number of rotatable bonds is 15. The molecule has 3 rings (SSSR count). The number of hydrogen-bond acceptors (Lipinski definition) is 7. The summed E-state index contributed by atoms with van der Waals surface area (Å²) in [5.41, 5.74) is 1.80. The quantitative estimate of drug-likeness (QED) is 0.154. The molecule has 2 aromatic carbocycles. The Morgan fingerprint density at radius 2 is 1.42 bits per heavy atom. The second-order valence-electron chi connectivity index (χ2n) is 10.3. The molecule has 43 heavy (non-hydrogen) atoms. The maximum absolute atomic E-state index is 13.3. The van der Waals surface area contributed by atoms with E-state index in [2.05, 4.69) is 26.3 Å². The normalized spacial score (nSPS) is 12.8. The van der Waals surface area contributed by atoms with E-state index in [1.807, 2.05) is 44.2 Å². The van der Waals surface area contributed by atoms with Crippen molar-refractivity contribution >= 4 is 41.2 Å². The van der Waals surface area contributed by atoms with Gasteiger partial charge in [0.25, 0.3) is 17.6 Å². The Balaban J connectivity index is 1.66. The summed E-state index contributed by atoms with van der Waals surface area (Å²) in [5, 5.41) is 9.40. The summed E-state index contributed by atoms with van der Waals surface area (Å²) >= 11 is 1.14. The number of thioether (sulfide) groups is 1. The highest BCUT2D eigenvalue weighted by molar-refractivity contribution is 8.00. The highest BCUT2D eigenvalue weighted by Gasteiger charge is 2.31. The van der Waals surface area contributed by atoms with Gasteiger partial charge >= 0.3 is 0 Å². The molecule has 0 radical (unpaired) electrons. The Morgan fingerprint density at radius 1 is 0.767 bits per heavy atom. The van der Waals surface area contributed by atoms with Gasteiger partial charge < -0.3 is 21.3 Å². The lowest BCUT2D eigenvalue weighted by Gasteiger charge is -2.23. The zero-order chi connectivity index (χ0) is 31.2. The van der Waals surface area contributed by atoms with Gasteiger partial charge in [-0.15, -0.1) is 11.8 Å². The summed E-state index contributed by atoms with van der Waals surface area (Å²) in [4.78, 5) is 69.2. The van der Waals surface area contributed by atoms with Gasteiger partial charge in [-0.1, -0.05) is 68.4 Å². The Kier molecular flexibility index (Phi) is 12.9. The van der Waals surface area contributed by atoms with E-state index in [9.17, 15) is 24.0 Å². The fourth-order valence-electron chi connectivity index (χ4n) is 3.88. The van der Waals surface area contributed by atoms with Crippen LogP contribution in [0.25, 0.3) is 0 Å². The van der Waals surface area contributed by atoms with Gasteiger partial charge in [0.05, 0.1) is 12.2 Å². The number of carbonyl (C=O) groups excluding carboxylic acids is 5. The van der Waals surface area contributed by atoms with Crippen LogP contribution in [-0.4, -0.2) is 57.6 Å². The predicted octanol–water partition coefficient (Wildman–Crippen LogP) is 2.64. The second kappa shape index (κ2) is 16.8. The van der Waals surface area contributed by atoms with Crippen LogP contribution in [-0.2, 0) is 32.1 Å². The van der Waals surface area contributed by atoms with E-state index in [0.29, 0.717) is 17.0 Å². The average molecular weight is 604 g/mol. The molecule has 4 amide bonds. The minimum Gasteiger partial charge on any atom is -0.344 e. The Morgan fingerprint density at radius 3 is 2.05 bits per heavy atom. The van der Waals surface area contributed by atoms with E-state index < -0.39 is 46.9 Å². The maximum atomic E-state index is 13.3. The molecule has 0 saturated carbocycles. The van der Waals surface area contributed by atoms with E-state index >= 15 is 0 Å². The molecular formula is C32H37N5O5S. The summed E-state index contributed by atoms with van der Waals surface area (Å²) in [7, 11) is 0. The average Bonchev–Trinajstić information content (AvgIpc) is 3.02. The van der Waals surface area contributed by atoms with Gasteiger partial charge in [-0.05, 0) is 48.4 Å². The summed E-state index contributed by atoms with van der Waals surface area (Å²) in [6.07, 6.45) is 1.78. The monoisotopic (exact) mass is 603 g/mol. The summed E-state index contributed by atoms with van der Waals surface area (Å²) in [6.45, 7) is 5.44. The van der Waals surface area contributed by atoms with Crippen LogP contribution >= 0.6 is 11.8 Å². The zero-order valence-electron chi connectivity index (χ0n) is 24.4. The van der Waals surface area contributed by atoms with Crippen LogP contribution in [0.2, 0.25) is 0 Å². The molecule has 0 aliphatic carbocycles. The lowest BCUT2D eigenvalue weighted by molar-refractivity contribution is -0.139. The van der Waals surface area contributed by atoms with E-state index in [1.165, 1.54) is 6.92 Å². The van der Waals surface area contributed by atoms with Crippen molar-refractivity contribution < 1.29 is 24.0 Å². The molecule has 0 aliphatic heterocycles. The third-order valence-corrected chi connectivity index (χ3v) is 7.70. The van der Waals surface area contributed by atoms with Gasteiger partial charge in [0.1, 0.15) is 17.5 Å². The van der Waals surface area contributed by atoms with Crippen LogP contribution in [0.4, 0.5) is 0 Å². The molecule has 3 aromatic rings. The summed E-state index contributed by atoms with van der Waals surface area (Å²) in [5.74, 6) is -2.61. The summed E-state index contributed by atoms with van der Waals surface area (Å²) in [6, 6.07) is 20.9. The van der Waals surface area contributed by atoms with Gasteiger partial charge in [-0.2, -0.15) is 0 Å². The topological polar surface area (TPSA) is 146 Å². The van der Waals surface area contributed by atoms with E-state index in [-0.39, 0.29) is 18.9 Å². The van der Waals surface area contributed by atoms with Gasteiger partial charge in [0.2, 0.25) is 11.8 Å². The van der Waals surface area contributed by atoms with Crippen LogP contribution in [0.5, 0.6) is 0 Å². The number of aromatic nitrogens is 1. The molecule has 0 saturated heterocycles. The molecule has 0 fully saturated rings. The van der Waals surface area contributed by atoms with Crippen LogP contribution in [0, 0.1) is 5.92 Å². The van der Waals surface area contributed by atoms with E-state index in [1.54, 1.807) is 54.7 Å². The van der Waals surface area contributed by atoms with Gasteiger partial charge in [-0.25, -0.2) is 0 Å². The summed E-state index contributed by atoms with van der Waals surface area (Å²) < 4.78 is 0. The van der Waals surface area contributed by atoms with Crippen LogP contribution in [0.3, 0.4) is 0 Å². The first-order valence-electron chi connectivity index (χ1n) is 14.0. The highest BCUT2D eigenvalue weighted by Crippen LogP contribution is 2.15. The third kappa shape index (κ3) is 11.0. The van der Waals surface area contributed by atoms with Crippen molar-refractivity contribution in [2.75, 3.05) is 5.75 Å². The number of ketones is 1. The van der Waals surface area contributed by atoms with Crippen molar-refractivity contribution in [3.05, 3.63) is 102 Å². The zero-order valence-corrected chi connectivity index (χ0v) is 25.2. The molecule has 0 spiro atoms. The molecule has 1 aromatic heterocycles. The Hall–Kier alpha value is -4.51. The minimum atomic E-state index is -1.16. The largest absolute Gasteiger partial charge is 0.344 e. The lowest BCUT2D eigenvalue weighted by Crippen LogP contribution is -2.55. The molecule has 0 bridgehead atoms. The smallest absolute Gasteiger partial charge is 0.290 e. The maximum Gasteiger partial charge on any atom is 0.290 e. The highest BCUT2D eigenvalue weighted by atomic mass is 32.2. The van der Waals surface area contributed by atoms with Crippen LogP contribution < -0.4 is 21.3 Å². The van der Waals surface area contributed by atoms with Crippen molar-refractivity contribution in [1.82, 2.24) is 26.3 Å². The Labute approximate surface area is 255 Å². The molecular weight excluding hydrogens is 566 g/mol. The van der Waals surface area contributed by atoms with E-state index in [4.69, 9.17) is 0 Å². The third-order valence-electron chi connectivity index (χ3n) is 6.18. The number of Topliss-reactive ketones (excluding diaryl/α,β-unsaturated/α-hetero) is 1. The van der Waals surface area contributed by atoms with Crippen molar-refractivity contribution in [3.63, 3.8) is 0 Å². The molecule has 4 N–H and O–H groups in total. The second-order valence-corrected chi connectivity index (χ2v) is 11.4. The van der Waals surface area contributed by atoms with Crippen molar-refractivity contribution in [3.8, 4) is 0 Å². The molecule has 1 heterocycles. The minimum absolute atomic E-state index is 0.0604. The van der Waals surface area contributed by atoms with Gasteiger partial charge in [0.15, 0.2) is 0 Å². The number of carbonyl (C=O) groups is 5. The molecule has 3 atom stereocenters. The fraction of sp³-hybridized carbons (Fsp3) is 0.312. The number of pyridine rings is 1. The van der Waals surface area contributed by atoms with Crippen molar-refractivity contribution in [2.24, 2.45) is 5.92 Å². The number of amides is 4. The number of nitrogens with one attached hydrogen (secondary N) is 4. The van der Waals surface area contributed by atoms with E-state index in [0.717, 1.165) is 17.3 Å². The lowest BCUT2D eigenvalue weighted by atomic mass is 10.0. The SMILES string of the molecule is CC(C)CSC(NC(=O)[C@H](C)NC(=O)[C@H](Cc1ccccc1)NC(=O)c1ccccc1)C(=O)C(=O)NCc1ccccn1. The van der Waals surface area contributed by atoms with Crippen LogP contribution in [0.1, 0.15) is 42.4 Å². The van der Waals surface area contributed by atoms with Gasteiger partial charge in [-0.3, -0.25) is 29.0 Å². The predicted molar refractivity (Wildman–Crippen MR) is 166 cm³/mol. The number of nitrogens with zero attached hydrogens (tertiary/aromatic N) is 1. The molecule has 226 valence electrons.